The van der Waals surface area contributed by atoms with Gasteiger partial charge in [-0.1, -0.05) is 41.7 Å². The summed E-state index contributed by atoms with van der Waals surface area (Å²) in [6.45, 7) is -0.296. The number of primary sulfonamides is 1. The lowest BCUT2D eigenvalue weighted by atomic mass is 9.68. The van der Waals surface area contributed by atoms with E-state index in [2.05, 4.69) is 10.3 Å². The van der Waals surface area contributed by atoms with Crippen LogP contribution in [0.1, 0.15) is 22.8 Å². The monoisotopic (exact) mass is 688 g/mol. The van der Waals surface area contributed by atoms with E-state index in [4.69, 9.17) is 9.88 Å². The van der Waals surface area contributed by atoms with Crippen LogP contribution in [0.4, 0.5) is 11.4 Å². The molecule has 11 nitrogen and oxygen atoms in total. The molecule has 14 heteroatoms. The van der Waals surface area contributed by atoms with Gasteiger partial charge >= 0.3 is 4.87 Å². The largest absolute Gasteiger partial charge is 0.484 e. The maximum atomic E-state index is 13.9. The third-order valence-corrected chi connectivity index (χ3v) is 13.3. The van der Waals surface area contributed by atoms with Gasteiger partial charge in [0.1, 0.15) is 5.75 Å². The number of nitrogens with two attached hydrogens (primary N) is 1. The number of aromatic amines is 1. The highest BCUT2D eigenvalue weighted by atomic mass is 32.2. The summed E-state index contributed by atoms with van der Waals surface area (Å²) in [7, 11) is -3.85. The third-order valence-electron chi connectivity index (χ3n) is 9.79. The molecule has 4 N–H and O–H groups in total. The molecule has 1 saturated heterocycles. The quantitative estimate of drug-likeness (QED) is 0.247. The lowest BCUT2D eigenvalue weighted by molar-refractivity contribution is -0.123. The number of thiazole rings is 1. The van der Waals surface area contributed by atoms with E-state index < -0.39 is 21.8 Å². The zero-order valence-corrected chi connectivity index (χ0v) is 27.0. The van der Waals surface area contributed by atoms with Crippen molar-refractivity contribution in [1.29, 1.82) is 0 Å². The van der Waals surface area contributed by atoms with E-state index in [-0.39, 0.29) is 63.0 Å². The number of carbonyl (C=O) groups excluding carboxylic acids is 3. The second kappa shape index (κ2) is 11.2. The van der Waals surface area contributed by atoms with Gasteiger partial charge in [-0.25, -0.2) is 13.6 Å². The highest BCUT2D eigenvalue weighted by Gasteiger charge is 2.69. The second-order valence-corrected chi connectivity index (χ2v) is 16.1. The van der Waals surface area contributed by atoms with Crippen LogP contribution in [-0.2, 0) is 24.4 Å². The van der Waals surface area contributed by atoms with Crippen LogP contribution < -0.4 is 25.0 Å². The van der Waals surface area contributed by atoms with Crippen molar-refractivity contribution in [2.75, 3.05) is 16.8 Å². The number of sulfonamides is 1. The minimum Gasteiger partial charge on any atom is -0.484 e. The second-order valence-electron chi connectivity index (χ2n) is 12.3. The van der Waals surface area contributed by atoms with Gasteiger partial charge in [0.2, 0.25) is 21.8 Å². The molecule has 4 aliphatic rings. The van der Waals surface area contributed by atoms with Crippen molar-refractivity contribution < 1.29 is 27.5 Å². The summed E-state index contributed by atoms with van der Waals surface area (Å²) in [5.41, 5.74) is 1.90. The predicted molar refractivity (Wildman–Crippen MR) is 176 cm³/mol. The standard InChI is InChI=1S/C33H28N4O7S3/c34-47(42,43)20-11-9-17(10-12-20)35-23(38)15-44-19-8-4-5-16(13-19)24-25-21-14-22(28(25)45-30-29(24)46-33(41)36-30)27-26(21)31(39)37(32(27)40)18-6-2-1-3-7-18/h1-13,21-22,24-28H,14-15H2,(H,35,38)(H,36,41)(H2,34,42,43)/t21-,22-,24+,25-,26+,27+,28-/m1/s1. The molecule has 0 radical (unpaired) electrons. The maximum Gasteiger partial charge on any atom is 0.305 e. The summed E-state index contributed by atoms with van der Waals surface area (Å²) in [4.78, 5) is 58.0. The lowest BCUT2D eigenvalue weighted by Gasteiger charge is -2.43. The molecule has 8 rings (SSSR count). The van der Waals surface area contributed by atoms with Crippen LogP contribution in [0.2, 0.25) is 0 Å². The van der Waals surface area contributed by atoms with E-state index in [0.717, 1.165) is 21.9 Å². The summed E-state index contributed by atoms with van der Waals surface area (Å²) >= 11 is 2.81. The molecule has 1 aromatic heterocycles. The number of hydrogen-bond acceptors (Lipinski definition) is 9. The number of anilines is 2. The Kier molecular flexibility index (Phi) is 7.17. The van der Waals surface area contributed by atoms with Crippen LogP contribution in [0.25, 0.3) is 0 Å². The summed E-state index contributed by atoms with van der Waals surface area (Å²) in [6, 6.07) is 22.0. The number of H-pyrrole nitrogens is 1. The number of benzene rings is 3. The Hall–Kier alpha value is -4.24. The molecule has 3 heterocycles. The molecular formula is C33H28N4O7S3. The molecule has 4 aromatic rings. The van der Waals surface area contributed by atoms with Gasteiger partial charge < -0.3 is 15.0 Å². The van der Waals surface area contributed by atoms with E-state index in [1.165, 1.54) is 40.5 Å². The molecule has 0 unspecified atom stereocenters. The number of hydrogen-bond donors (Lipinski definition) is 3. The Balaban J connectivity index is 1.05. The third kappa shape index (κ3) is 5.01. The van der Waals surface area contributed by atoms with Gasteiger partial charge in [-0.3, -0.25) is 24.1 Å². The topological polar surface area (TPSA) is 169 Å². The number of para-hydroxylation sites is 1. The minimum atomic E-state index is -3.85. The summed E-state index contributed by atoms with van der Waals surface area (Å²) in [5, 5.41) is 8.67. The summed E-state index contributed by atoms with van der Waals surface area (Å²) in [5.74, 6) is -1.23. The molecule has 3 amide bonds. The van der Waals surface area contributed by atoms with E-state index in [0.29, 0.717) is 17.1 Å². The van der Waals surface area contributed by atoms with Gasteiger partial charge in [0, 0.05) is 21.7 Å². The normalized spacial score (nSPS) is 27.3. The van der Waals surface area contributed by atoms with Crippen molar-refractivity contribution in [2.24, 2.45) is 34.7 Å². The lowest BCUT2D eigenvalue weighted by Crippen LogP contribution is -2.42. The van der Waals surface area contributed by atoms with Crippen LogP contribution in [-0.4, -0.2) is 43.0 Å². The van der Waals surface area contributed by atoms with Crippen LogP contribution in [0.3, 0.4) is 0 Å². The molecule has 3 fully saturated rings. The molecule has 2 aliphatic carbocycles. The molecule has 47 heavy (non-hydrogen) atoms. The fourth-order valence-corrected chi connectivity index (χ4v) is 11.5. The number of nitrogens with one attached hydrogen (secondary N) is 2. The molecular weight excluding hydrogens is 661 g/mol. The van der Waals surface area contributed by atoms with E-state index in [1.807, 2.05) is 36.4 Å². The van der Waals surface area contributed by atoms with Crippen molar-refractivity contribution in [3.05, 3.63) is 99.0 Å². The van der Waals surface area contributed by atoms with E-state index in [9.17, 15) is 27.6 Å². The Morgan fingerprint density at radius 3 is 2.40 bits per heavy atom. The van der Waals surface area contributed by atoms with Crippen molar-refractivity contribution in [1.82, 2.24) is 4.98 Å². The number of aromatic nitrogens is 1. The molecule has 240 valence electrons. The first-order chi connectivity index (χ1) is 22.6. The molecule has 7 atom stereocenters. The number of rotatable bonds is 7. The van der Waals surface area contributed by atoms with Crippen molar-refractivity contribution in [2.45, 2.75) is 27.5 Å². The van der Waals surface area contributed by atoms with Crippen LogP contribution in [0.15, 0.2) is 93.6 Å². The van der Waals surface area contributed by atoms with Crippen LogP contribution in [0, 0.1) is 29.6 Å². The first-order valence-corrected chi connectivity index (χ1v) is 18.3. The number of thioether (sulfide) groups is 1. The van der Waals surface area contributed by atoms with Crippen LogP contribution >= 0.6 is 23.1 Å². The summed E-state index contributed by atoms with van der Waals surface area (Å²) in [6.07, 6.45) is 0.780. The Labute approximate surface area is 277 Å². The first-order valence-electron chi connectivity index (χ1n) is 15.1. The Morgan fingerprint density at radius 1 is 0.957 bits per heavy atom. The molecule has 0 spiro atoms. The number of imide groups is 1. The number of ether oxygens (including phenoxy) is 1. The smallest absolute Gasteiger partial charge is 0.305 e. The number of fused-ring (bicyclic) bond motifs is 9. The molecule has 2 saturated carbocycles. The highest BCUT2D eigenvalue weighted by Crippen LogP contribution is 2.68. The zero-order valence-electron chi connectivity index (χ0n) is 24.6. The average molecular weight is 689 g/mol. The Bertz CT molecular complexity index is 2100. The minimum absolute atomic E-state index is 0.00590. The van der Waals surface area contributed by atoms with Crippen LogP contribution in [0.5, 0.6) is 5.75 Å². The van der Waals surface area contributed by atoms with Gasteiger partial charge in [0.25, 0.3) is 5.91 Å². The van der Waals surface area contributed by atoms with Crippen molar-refractivity contribution in [3.63, 3.8) is 0 Å². The average Bonchev–Trinajstić information content (AvgIpc) is 3.79. The van der Waals surface area contributed by atoms with Gasteiger partial charge in [0.15, 0.2) is 6.61 Å². The Morgan fingerprint density at radius 2 is 1.68 bits per heavy atom. The zero-order chi connectivity index (χ0) is 32.6. The van der Waals surface area contributed by atoms with Gasteiger partial charge in [-0.05, 0) is 78.3 Å². The van der Waals surface area contributed by atoms with Crippen molar-refractivity contribution in [3.8, 4) is 5.75 Å². The van der Waals surface area contributed by atoms with Gasteiger partial charge in [-0.2, -0.15) is 0 Å². The number of amides is 3. The SMILES string of the molecule is NS(=O)(=O)c1ccc(NC(=O)COc2cccc([C@@H]3c4sc(=O)[nH]c4S[C@@H]4[C@@H]5C[C@@H]([C@@H]6C(=O)N(c7ccccc7)C(=O)[C@@H]56)[C@H]34)c2)cc1. The van der Waals surface area contributed by atoms with Crippen molar-refractivity contribution >= 4 is 62.2 Å². The maximum absolute atomic E-state index is 13.9. The van der Waals surface area contributed by atoms with Gasteiger partial charge in [-0.15, -0.1) is 11.8 Å². The van der Waals surface area contributed by atoms with E-state index >= 15 is 0 Å². The van der Waals surface area contributed by atoms with Gasteiger partial charge in [0.05, 0.1) is 27.4 Å². The number of carbonyl (C=O) groups is 3. The van der Waals surface area contributed by atoms with E-state index in [1.54, 1.807) is 30.0 Å². The molecule has 2 aliphatic heterocycles. The molecule has 3 aromatic carbocycles. The predicted octanol–water partition coefficient (Wildman–Crippen LogP) is 3.78. The fourth-order valence-electron chi connectivity index (χ4n) is 8.09. The number of nitrogens with zero attached hydrogens (tertiary/aromatic N) is 1. The highest BCUT2D eigenvalue weighted by molar-refractivity contribution is 8.00. The first kappa shape index (κ1) is 30.1. The summed E-state index contributed by atoms with van der Waals surface area (Å²) < 4.78 is 28.9. The fraction of sp³-hybridized carbons (Fsp3) is 0.273. The molecule has 2 bridgehead atoms.